The fraction of sp³-hybridized carbons (Fsp3) is 0.944. The highest BCUT2D eigenvalue weighted by Gasteiger charge is 2.19. The van der Waals surface area contributed by atoms with E-state index in [1.807, 2.05) is 0 Å². The predicted octanol–water partition coefficient (Wildman–Crippen LogP) is 17.3. The largest absolute Gasteiger partial charge is 0.462 e. The lowest BCUT2D eigenvalue weighted by atomic mass is 10.0. The lowest BCUT2D eigenvalue weighted by Crippen LogP contribution is -2.30. The Kier molecular flexibility index (Phi) is 45.7. The molecule has 0 aliphatic carbocycles. The van der Waals surface area contributed by atoms with Crippen LogP contribution in [0.25, 0.3) is 0 Å². The second-order valence-corrected chi connectivity index (χ2v) is 19.5. The van der Waals surface area contributed by atoms with Crippen LogP contribution in [0.3, 0.4) is 0 Å². The molecule has 0 amide bonds. The molecule has 0 rings (SSSR count). The van der Waals surface area contributed by atoms with Crippen LogP contribution in [-0.4, -0.2) is 37.2 Å². The first-order valence-corrected chi connectivity index (χ1v) is 26.7. The van der Waals surface area contributed by atoms with Gasteiger partial charge in [0.05, 0.1) is 0 Å². The zero-order valence-electron chi connectivity index (χ0n) is 41.1. The number of carbonyl (C=O) groups is 3. The van der Waals surface area contributed by atoms with Crippen LogP contribution >= 0.6 is 0 Å². The summed E-state index contributed by atoms with van der Waals surface area (Å²) in [5, 5.41) is 0. The molecule has 0 N–H and O–H groups in total. The molecular weight excluding hydrogens is 745 g/mol. The summed E-state index contributed by atoms with van der Waals surface area (Å²) >= 11 is 0. The van der Waals surface area contributed by atoms with E-state index in [2.05, 4.69) is 34.6 Å². The van der Waals surface area contributed by atoms with Gasteiger partial charge in [-0.1, -0.05) is 259 Å². The maximum atomic E-state index is 12.7. The maximum absolute atomic E-state index is 12.7. The number of unbranched alkanes of at least 4 members (excludes halogenated alkanes) is 33. The molecule has 1 atom stereocenters. The Balaban J connectivity index is 4.22. The van der Waals surface area contributed by atoms with Crippen molar-refractivity contribution < 1.29 is 28.6 Å². The van der Waals surface area contributed by atoms with E-state index in [0.29, 0.717) is 19.3 Å². The Morgan fingerprint density at radius 2 is 0.550 bits per heavy atom. The van der Waals surface area contributed by atoms with Gasteiger partial charge in [-0.3, -0.25) is 14.4 Å². The van der Waals surface area contributed by atoms with Gasteiger partial charge in [0.15, 0.2) is 6.10 Å². The van der Waals surface area contributed by atoms with Crippen molar-refractivity contribution in [2.75, 3.05) is 13.2 Å². The standard InChI is InChI=1S/C54H104O6/c1-6-7-8-9-10-11-12-13-14-15-16-17-18-19-20-24-29-34-39-44-52(55)58-47-51(60-54(57)46-41-36-31-26-28-33-38-43-50(4)5)48-59-53(56)45-40-35-30-25-22-21-23-27-32-37-42-49(2)3/h49-51H,6-48H2,1-5H3/t51-/m1/s1. The van der Waals surface area contributed by atoms with Gasteiger partial charge in [0.1, 0.15) is 13.2 Å². The van der Waals surface area contributed by atoms with E-state index in [4.69, 9.17) is 14.2 Å². The Morgan fingerprint density at radius 1 is 0.317 bits per heavy atom. The minimum absolute atomic E-state index is 0.0644. The lowest BCUT2D eigenvalue weighted by molar-refractivity contribution is -0.167. The molecule has 0 radical (unpaired) electrons. The van der Waals surface area contributed by atoms with Crippen LogP contribution in [0.5, 0.6) is 0 Å². The van der Waals surface area contributed by atoms with Gasteiger partial charge in [-0.25, -0.2) is 0 Å². The smallest absolute Gasteiger partial charge is 0.306 e. The minimum atomic E-state index is -0.762. The molecule has 0 aromatic heterocycles. The maximum Gasteiger partial charge on any atom is 0.306 e. The van der Waals surface area contributed by atoms with Crippen molar-refractivity contribution in [1.29, 1.82) is 0 Å². The first kappa shape index (κ1) is 58.4. The molecule has 0 saturated carbocycles. The third kappa shape index (κ3) is 47.5. The molecule has 6 heteroatoms. The quantitative estimate of drug-likeness (QED) is 0.0345. The molecule has 356 valence electrons. The number of hydrogen-bond donors (Lipinski definition) is 0. The normalized spacial score (nSPS) is 12.1. The topological polar surface area (TPSA) is 78.9 Å². The molecule has 0 aliphatic heterocycles. The van der Waals surface area contributed by atoms with Crippen molar-refractivity contribution >= 4 is 17.9 Å². The highest BCUT2D eigenvalue weighted by Crippen LogP contribution is 2.17. The van der Waals surface area contributed by atoms with Crippen molar-refractivity contribution in [1.82, 2.24) is 0 Å². The van der Waals surface area contributed by atoms with Gasteiger partial charge < -0.3 is 14.2 Å². The molecule has 0 aromatic rings. The molecule has 0 saturated heterocycles. The van der Waals surface area contributed by atoms with Crippen molar-refractivity contribution in [3.63, 3.8) is 0 Å². The first-order valence-electron chi connectivity index (χ1n) is 26.7. The van der Waals surface area contributed by atoms with Crippen molar-refractivity contribution in [3.05, 3.63) is 0 Å². The fourth-order valence-electron chi connectivity index (χ4n) is 8.17. The Hall–Kier alpha value is -1.59. The highest BCUT2D eigenvalue weighted by molar-refractivity contribution is 5.71. The molecule has 0 aromatic carbocycles. The predicted molar refractivity (Wildman–Crippen MR) is 256 cm³/mol. The third-order valence-electron chi connectivity index (χ3n) is 12.2. The van der Waals surface area contributed by atoms with Gasteiger partial charge in [0.2, 0.25) is 0 Å². The Bertz CT molecular complexity index is 916. The molecule has 0 unspecified atom stereocenters. The van der Waals surface area contributed by atoms with Gasteiger partial charge >= 0.3 is 17.9 Å². The summed E-state index contributed by atoms with van der Waals surface area (Å²) in [5.74, 6) is 0.745. The summed E-state index contributed by atoms with van der Waals surface area (Å²) in [7, 11) is 0. The van der Waals surface area contributed by atoms with Crippen molar-refractivity contribution in [2.24, 2.45) is 11.8 Å². The minimum Gasteiger partial charge on any atom is -0.462 e. The SMILES string of the molecule is CCCCCCCCCCCCCCCCCCCCCC(=O)OC[C@H](COC(=O)CCCCCCCCCCCCC(C)C)OC(=O)CCCCCCCCCC(C)C. The Labute approximate surface area is 374 Å². The molecular formula is C54H104O6. The summed E-state index contributed by atoms with van der Waals surface area (Å²) in [6, 6.07) is 0. The number of rotatable bonds is 48. The summed E-state index contributed by atoms with van der Waals surface area (Å²) < 4.78 is 16.8. The van der Waals surface area contributed by atoms with Gasteiger partial charge in [0, 0.05) is 19.3 Å². The summed E-state index contributed by atoms with van der Waals surface area (Å²) in [6.45, 7) is 11.3. The van der Waals surface area contributed by atoms with Gasteiger partial charge in [0.25, 0.3) is 0 Å². The molecule has 0 aliphatic rings. The number of hydrogen-bond acceptors (Lipinski definition) is 6. The Morgan fingerprint density at radius 3 is 0.817 bits per heavy atom. The van der Waals surface area contributed by atoms with E-state index >= 15 is 0 Å². The first-order chi connectivity index (χ1) is 29.2. The summed E-state index contributed by atoms with van der Waals surface area (Å²) in [4.78, 5) is 37.9. The van der Waals surface area contributed by atoms with E-state index in [1.54, 1.807) is 0 Å². The average Bonchev–Trinajstić information content (AvgIpc) is 3.22. The van der Waals surface area contributed by atoms with Crippen LogP contribution in [-0.2, 0) is 28.6 Å². The second-order valence-electron chi connectivity index (χ2n) is 19.5. The molecule has 0 spiro atoms. The number of ether oxygens (including phenoxy) is 3. The van der Waals surface area contributed by atoms with Crippen molar-refractivity contribution in [3.8, 4) is 0 Å². The monoisotopic (exact) mass is 849 g/mol. The van der Waals surface area contributed by atoms with Crippen LogP contribution < -0.4 is 0 Å². The van der Waals surface area contributed by atoms with E-state index in [0.717, 1.165) is 69.6 Å². The van der Waals surface area contributed by atoms with Gasteiger partial charge in [-0.05, 0) is 31.1 Å². The zero-order valence-corrected chi connectivity index (χ0v) is 41.1. The summed E-state index contributed by atoms with van der Waals surface area (Å²) in [6.07, 6.45) is 48.2. The van der Waals surface area contributed by atoms with Crippen LogP contribution in [0, 0.1) is 11.8 Å². The van der Waals surface area contributed by atoms with Gasteiger partial charge in [-0.15, -0.1) is 0 Å². The molecule has 0 fully saturated rings. The van der Waals surface area contributed by atoms with Gasteiger partial charge in [-0.2, -0.15) is 0 Å². The van der Waals surface area contributed by atoms with Crippen LogP contribution in [0.2, 0.25) is 0 Å². The van der Waals surface area contributed by atoms with Crippen molar-refractivity contribution in [2.45, 2.75) is 304 Å². The van der Waals surface area contributed by atoms with E-state index in [9.17, 15) is 14.4 Å². The average molecular weight is 849 g/mol. The number of carbonyl (C=O) groups excluding carboxylic acids is 3. The molecule has 6 nitrogen and oxygen atoms in total. The van der Waals surface area contributed by atoms with Crippen LogP contribution in [0.1, 0.15) is 298 Å². The zero-order chi connectivity index (χ0) is 44.0. The number of esters is 3. The highest BCUT2D eigenvalue weighted by atomic mass is 16.6. The third-order valence-corrected chi connectivity index (χ3v) is 12.2. The second kappa shape index (κ2) is 46.9. The van der Waals surface area contributed by atoms with Crippen LogP contribution in [0.4, 0.5) is 0 Å². The van der Waals surface area contributed by atoms with E-state index in [-0.39, 0.29) is 31.1 Å². The lowest BCUT2D eigenvalue weighted by Gasteiger charge is -2.18. The molecule has 0 bridgehead atoms. The molecule has 0 heterocycles. The van der Waals surface area contributed by atoms with E-state index in [1.165, 1.54) is 186 Å². The van der Waals surface area contributed by atoms with E-state index < -0.39 is 6.10 Å². The summed E-state index contributed by atoms with van der Waals surface area (Å²) in [5.41, 5.74) is 0. The fourth-order valence-corrected chi connectivity index (χ4v) is 8.17. The van der Waals surface area contributed by atoms with Crippen LogP contribution in [0.15, 0.2) is 0 Å². The molecule has 60 heavy (non-hydrogen) atoms.